The van der Waals surface area contributed by atoms with E-state index < -0.39 is 0 Å². The van der Waals surface area contributed by atoms with Crippen molar-refractivity contribution < 1.29 is 9.53 Å². The molecule has 1 fully saturated rings. The number of hydrogen-bond donors (Lipinski definition) is 2. The SMILES string of the molecule is CN=C(NCCCOCC(C)C)NCC(=O)N1CCC(Cc2ccccc2)CC1.I. The number of halogens is 1. The minimum atomic E-state index is 0. The number of likely N-dealkylation sites (tertiary alicyclic amines) is 1. The Hall–Kier alpha value is -1.35. The van der Waals surface area contributed by atoms with Gasteiger partial charge in [-0.15, -0.1) is 24.0 Å². The number of nitrogens with zero attached hydrogens (tertiary/aromatic N) is 2. The summed E-state index contributed by atoms with van der Waals surface area (Å²) < 4.78 is 5.57. The molecule has 1 aromatic carbocycles. The molecule has 0 unspecified atom stereocenters. The van der Waals surface area contributed by atoms with Crippen molar-refractivity contribution in [2.45, 2.75) is 39.5 Å². The highest BCUT2D eigenvalue weighted by molar-refractivity contribution is 14.0. The van der Waals surface area contributed by atoms with Crippen molar-refractivity contribution in [3.05, 3.63) is 35.9 Å². The molecule has 2 rings (SSSR count). The molecule has 7 heteroatoms. The first-order valence-corrected chi connectivity index (χ1v) is 10.9. The molecule has 1 saturated heterocycles. The number of benzene rings is 1. The number of rotatable bonds is 10. The molecule has 6 nitrogen and oxygen atoms in total. The normalized spacial score (nSPS) is 15.1. The van der Waals surface area contributed by atoms with Gasteiger partial charge in [0.2, 0.25) is 5.91 Å². The maximum absolute atomic E-state index is 12.5. The summed E-state index contributed by atoms with van der Waals surface area (Å²) in [6.07, 6.45) is 4.17. The van der Waals surface area contributed by atoms with Crippen LogP contribution in [0.3, 0.4) is 0 Å². The van der Waals surface area contributed by atoms with Gasteiger partial charge in [0.05, 0.1) is 6.54 Å². The summed E-state index contributed by atoms with van der Waals surface area (Å²) in [5.41, 5.74) is 1.39. The molecule has 0 bridgehead atoms. The molecular formula is C23H39IN4O2. The van der Waals surface area contributed by atoms with E-state index in [1.807, 2.05) is 4.90 Å². The summed E-state index contributed by atoms with van der Waals surface area (Å²) in [6, 6.07) is 10.6. The Kier molecular flexibility index (Phi) is 13.7. The second-order valence-electron chi connectivity index (χ2n) is 8.19. The second-order valence-corrected chi connectivity index (χ2v) is 8.19. The summed E-state index contributed by atoms with van der Waals surface area (Å²) in [5.74, 6) is 2.04. The fourth-order valence-corrected chi connectivity index (χ4v) is 3.53. The third kappa shape index (κ3) is 10.6. The Morgan fingerprint density at radius 3 is 2.53 bits per heavy atom. The Balaban J connectivity index is 0.00000450. The number of piperidine rings is 1. The third-order valence-electron chi connectivity index (χ3n) is 5.17. The van der Waals surface area contributed by atoms with E-state index in [4.69, 9.17) is 4.74 Å². The van der Waals surface area contributed by atoms with Crippen LogP contribution < -0.4 is 10.6 Å². The minimum absolute atomic E-state index is 0. The molecule has 0 spiro atoms. The number of carbonyl (C=O) groups is 1. The largest absolute Gasteiger partial charge is 0.381 e. The Morgan fingerprint density at radius 1 is 1.20 bits per heavy atom. The summed E-state index contributed by atoms with van der Waals surface area (Å²) >= 11 is 0. The van der Waals surface area contributed by atoms with Crippen molar-refractivity contribution in [2.75, 3.05) is 46.4 Å². The smallest absolute Gasteiger partial charge is 0.241 e. The summed E-state index contributed by atoms with van der Waals surface area (Å²) in [7, 11) is 1.73. The van der Waals surface area contributed by atoms with Crippen molar-refractivity contribution in [1.29, 1.82) is 0 Å². The van der Waals surface area contributed by atoms with Crippen LogP contribution in [0.5, 0.6) is 0 Å². The van der Waals surface area contributed by atoms with Crippen LogP contribution in [0, 0.1) is 11.8 Å². The zero-order valence-electron chi connectivity index (χ0n) is 18.7. The molecule has 170 valence electrons. The van der Waals surface area contributed by atoms with Gasteiger partial charge in [0.15, 0.2) is 5.96 Å². The van der Waals surface area contributed by atoms with E-state index in [2.05, 4.69) is 59.8 Å². The molecule has 0 aromatic heterocycles. The highest BCUT2D eigenvalue weighted by Gasteiger charge is 2.22. The molecule has 1 aliphatic rings. The molecular weight excluding hydrogens is 491 g/mol. The van der Waals surface area contributed by atoms with E-state index in [9.17, 15) is 4.79 Å². The Labute approximate surface area is 199 Å². The standard InChI is InChI=1S/C23H38N4O2.HI/c1-19(2)18-29-15-7-12-25-23(24-3)26-17-22(28)27-13-10-21(11-14-27)16-20-8-5-4-6-9-20;/h4-6,8-9,19,21H,7,10-18H2,1-3H3,(H2,24,25,26);1H. The predicted octanol–water partition coefficient (Wildman–Crippen LogP) is 3.31. The lowest BCUT2D eigenvalue weighted by Gasteiger charge is -2.32. The van der Waals surface area contributed by atoms with Gasteiger partial charge in [-0.2, -0.15) is 0 Å². The Morgan fingerprint density at radius 2 is 1.90 bits per heavy atom. The molecule has 1 amide bonds. The molecule has 1 aromatic rings. The molecule has 0 atom stereocenters. The van der Waals surface area contributed by atoms with Crippen LogP contribution in [0.25, 0.3) is 0 Å². The number of carbonyl (C=O) groups excluding carboxylic acids is 1. The van der Waals surface area contributed by atoms with Gasteiger partial charge in [-0.25, -0.2) is 0 Å². The van der Waals surface area contributed by atoms with Gasteiger partial charge in [-0.3, -0.25) is 9.79 Å². The van der Waals surface area contributed by atoms with Gasteiger partial charge in [0, 0.05) is 39.9 Å². The lowest BCUT2D eigenvalue weighted by atomic mass is 9.90. The lowest BCUT2D eigenvalue weighted by Crippen LogP contribution is -2.47. The molecule has 30 heavy (non-hydrogen) atoms. The number of ether oxygens (including phenoxy) is 1. The maximum Gasteiger partial charge on any atom is 0.241 e. The van der Waals surface area contributed by atoms with Crippen LogP contribution in [0.2, 0.25) is 0 Å². The first-order valence-electron chi connectivity index (χ1n) is 10.9. The van der Waals surface area contributed by atoms with Gasteiger partial charge in [0.25, 0.3) is 0 Å². The highest BCUT2D eigenvalue weighted by Crippen LogP contribution is 2.21. The summed E-state index contributed by atoms with van der Waals surface area (Å²) in [5, 5.41) is 6.37. The average Bonchev–Trinajstić information content (AvgIpc) is 2.73. The van der Waals surface area contributed by atoms with Crippen LogP contribution in [-0.4, -0.2) is 63.2 Å². The molecule has 2 N–H and O–H groups in total. The van der Waals surface area contributed by atoms with Gasteiger partial charge in [-0.05, 0) is 43.1 Å². The van der Waals surface area contributed by atoms with E-state index >= 15 is 0 Å². The summed E-state index contributed by atoms with van der Waals surface area (Å²) in [6.45, 7) is 8.57. The van der Waals surface area contributed by atoms with Crippen LogP contribution >= 0.6 is 24.0 Å². The van der Waals surface area contributed by atoms with Crippen LogP contribution in [0.4, 0.5) is 0 Å². The second kappa shape index (κ2) is 15.5. The quantitative estimate of drug-likeness (QED) is 0.211. The molecule has 1 heterocycles. The minimum Gasteiger partial charge on any atom is -0.381 e. The molecule has 0 aliphatic carbocycles. The fraction of sp³-hybridized carbons (Fsp3) is 0.652. The summed E-state index contributed by atoms with van der Waals surface area (Å²) in [4.78, 5) is 18.7. The van der Waals surface area contributed by atoms with Crippen molar-refractivity contribution in [3.63, 3.8) is 0 Å². The number of hydrogen-bond acceptors (Lipinski definition) is 3. The van der Waals surface area contributed by atoms with Crippen molar-refractivity contribution in [2.24, 2.45) is 16.8 Å². The van der Waals surface area contributed by atoms with Gasteiger partial charge >= 0.3 is 0 Å². The molecule has 0 saturated carbocycles. The van der Waals surface area contributed by atoms with Crippen LogP contribution in [0.15, 0.2) is 35.3 Å². The maximum atomic E-state index is 12.5. The van der Waals surface area contributed by atoms with Crippen LogP contribution in [-0.2, 0) is 16.0 Å². The molecule has 1 aliphatic heterocycles. The number of amides is 1. The van der Waals surface area contributed by atoms with Crippen molar-refractivity contribution in [3.8, 4) is 0 Å². The monoisotopic (exact) mass is 530 g/mol. The van der Waals surface area contributed by atoms with E-state index in [1.165, 1.54) is 5.56 Å². The zero-order valence-corrected chi connectivity index (χ0v) is 21.1. The predicted molar refractivity (Wildman–Crippen MR) is 135 cm³/mol. The van der Waals surface area contributed by atoms with Crippen molar-refractivity contribution in [1.82, 2.24) is 15.5 Å². The first kappa shape index (κ1) is 26.7. The average molecular weight is 530 g/mol. The number of aliphatic imine (C=N–C) groups is 1. The van der Waals surface area contributed by atoms with Gasteiger partial charge in [-0.1, -0.05) is 44.2 Å². The van der Waals surface area contributed by atoms with Crippen molar-refractivity contribution >= 4 is 35.8 Å². The fourth-order valence-electron chi connectivity index (χ4n) is 3.53. The third-order valence-corrected chi connectivity index (χ3v) is 5.17. The topological polar surface area (TPSA) is 66.0 Å². The van der Waals surface area contributed by atoms with E-state index in [0.717, 1.165) is 58.5 Å². The van der Waals surface area contributed by atoms with Crippen LogP contribution in [0.1, 0.15) is 38.7 Å². The lowest BCUT2D eigenvalue weighted by molar-refractivity contribution is -0.131. The van der Waals surface area contributed by atoms with Gasteiger partial charge < -0.3 is 20.3 Å². The first-order chi connectivity index (χ1) is 14.1. The molecule has 0 radical (unpaired) electrons. The number of guanidine groups is 1. The van der Waals surface area contributed by atoms with E-state index in [-0.39, 0.29) is 36.4 Å². The number of nitrogens with one attached hydrogen (secondary N) is 2. The Bertz CT molecular complexity index is 617. The van der Waals surface area contributed by atoms with Gasteiger partial charge in [0.1, 0.15) is 0 Å². The zero-order chi connectivity index (χ0) is 20.9. The highest BCUT2D eigenvalue weighted by atomic mass is 127. The van der Waals surface area contributed by atoms with E-state index in [1.54, 1.807) is 7.05 Å². The van der Waals surface area contributed by atoms with E-state index in [0.29, 0.717) is 17.8 Å².